The van der Waals surface area contributed by atoms with Crippen molar-refractivity contribution in [3.63, 3.8) is 0 Å². The number of hydrogen-bond donors (Lipinski definition) is 1. The maximum absolute atomic E-state index is 12.7. The van der Waals surface area contributed by atoms with Gasteiger partial charge in [0, 0.05) is 19.5 Å². The van der Waals surface area contributed by atoms with Crippen LogP contribution < -0.4 is 5.32 Å². The van der Waals surface area contributed by atoms with Crippen molar-refractivity contribution in [2.75, 3.05) is 31.6 Å². The van der Waals surface area contributed by atoms with Gasteiger partial charge in [-0.15, -0.1) is 0 Å². The normalized spacial score (nSPS) is 14.9. The summed E-state index contributed by atoms with van der Waals surface area (Å²) in [4.78, 5) is 18.2. The molecule has 168 valence electrons. The van der Waals surface area contributed by atoms with E-state index in [9.17, 15) is 13.2 Å². The zero-order valence-electron chi connectivity index (χ0n) is 17.8. The van der Waals surface area contributed by atoms with E-state index in [4.69, 9.17) is 4.74 Å². The van der Waals surface area contributed by atoms with Crippen molar-refractivity contribution in [1.82, 2.24) is 9.29 Å². The molecule has 0 atom stereocenters. The molecule has 1 amide bonds. The van der Waals surface area contributed by atoms with Crippen LogP contribution in [0.3, 0.4) is 0 Å². The Balaban J connectivity index is 1.34. The number of ether oxygens (including phenoxy) is 1. The first-order valence-corrected chi connectivity index (χ1v) is 12.7. The second kappa shape index (κ2) is 9.91. The Bertz CT molecular complexity index is 1170. The van der Waals surface area contributed by atoms with Gasteiger partial charge < -0.3 is 10.1 Å². The van der Waals surface area contributed by atoms with Gasteiger partial charge in [-0.2, -0.15) is 4.31 Å². The molecular formula is C23H25N3O4S2. The van der Waals surface area contributed by atoms with Crippen LogP contribution in [0, 0.1) is 6.92 Å². The van der Waals surface area contributed by atoms with Crippen molar-refractivity contribution in [2.24, 2.45) is 0 Å². The van der Waals surface area contributed by atoms with Crippen LogP contribution >= 0.6 is 11.3 Å². The summed E-state index contributed by atoms with van der Waals surface area (Å²) in [6.07, 6.45) is 0.800. The first-order chi connectivity index (χ1) is 15.4. The number of nitrogens with one attached hydrogen (secondary N) is 1. The number of benzene rings is 2. The molecule has 0 bridgehead atoms. The predicted octanol–water partition coefficient (Wildman–Crippen LogP) is 3.71. The zero-order valence-corrected chi connectivity index (χ0v) is 19.4. The first-order valence-electron chi connectivity index (χ1n) is 10.4. The number of hydrogen-bond acceptors (Lipinski definition) is 6. The summed E-state index contributed by atoms with van der Waals surface area (Å²) in [5.74, 6) is -0.122. The van der Waals surface area contributed by atoms with E-state index in [0.29, 0.717) is 37.9 Å². The Hall–Kier alpha value is -2.59. The molecule has 3 aromatic rings. The molecule has 9 heteroatoms. The van der Waals surface area contributed by atoms with Gasteiger partial charge in [-0.3, -0.25) is 4.79 Å². The lowest BCUT2D eigenvalue weighted by atomic mass is 10.1. The SMILES string of the molecule is Cc1nc(NC(=O)CCc2ccc(S(=O)(=O)N3CCOCC3)cc2)sc1-c1ccccc1. The smallest absolute Gasteiger partial charge is 0.243 e. The molecule has 32 heavy (non-hydrogen) atoms. The minimum Gasteiger partial charge on any atom is -0.379 e. The van der Waals surface area contributed by atoms with Gasteiger partial charge in [0.15, 0.2) is 5.13 Å². The number of aromatic nitrogens is 1. The molecule has 1 aromatic heterocycles. The fourth-order valence-corrected chi connectivity index (χ4v) is 5.91. The molecule has 1 N–H and O–H groups in total. The van der Waals surface area contributed by atoms with Gasteiger partial charge in [-0.05, 0) is 36.6 Å². The van der Waals surface area contributed by atoms with Crippen molar-refractivity contribution in [3.05, 3.63) is 65.9 Å². The predicted molar refractivity (Wildman–Crippen MR) is 125 cm³/mol. The minimum absolute atomic E-state index is 0.122. The van der Waals surface area contributed by atoms with Gasteiger partial charge in [0.1, 0.15) is 0 Å². The molecule has 0 saturated carbocycles. The average molecular weight is 472 g/mol. The Morgan fingerprint density at radius 2 is 1.78 bits per heavy atom. The first kappa shape index (κ1) is 22.6. The number of morpholine rings is 1. The monoisotopic (exact) mass is 471 g/mol. The Labute approximate surface area is 192 Å². The van der Waals surface area contributed by atoms with Crippen LogP contribution in [-0.2, 0) is 26.0 Å². The fraction of sp³-hybridized carbons (Fsp3) is 0.304. The van der Waals surface area contributed by atoms with Crippen molar-refractivity contribution >= 4 is 32.4 Å². The number of anilines is 1. The fourth-order valence-electron chi connectivity index (χ4n) is 3.51. The molecule has 0 unspecified atom stereocenters. The van der Waals surface area contributed by atoms with Crippen LogP contribution in [0.4, 0.5) is 5.13 Å². The number of rotatable bonds is 7. The lowest BCUT2D eigenvalue weighted by Crippen LogP contribution is -2.40. The molecule has 1 aliphatic heterocycles. The van der Waals surface area contributed by atoms with Crippen LogP contribution in [0.1, 0.15) is 17.7 Å². The molecule has 1 saturated heterocycles. The quantitative estimate of drug-likeness (QED) is 0.568. The number of nitrogens with zero attached hydrogens (tertiary/aromatic N) is 2. The summed E-state index contributed by atoms with van der Waals surface area (Å²) >= 11 is 1.46. The van der Waals surface area contributed by atoms with Crippen molar-refractivity contribution in [3.8, 4) is 10.4 Å². The highest BCUT2D eigenvalue weighted by Crippen LogP contribution is 2.32. The number of amides is 1. The standard InChI is InChI=1S/C23H25N3O4S2/c1-17-22(19-5-3-2-4-6-19)31-23(24-17)25-21(27)12-9-18-7-10-20(11-8-18)32(28,29)26-13-15-30-16-14-26/h2-8,10-11H,9,12-16H2,1H3,(H,24,25,27). The lowest BCUT2D eigenvalue weighted by Gasteiger charge is -2.26. The topological polar surface area (TPSA) is 88.6 Å². The summed E-state index contributed by atoms with van der Waals surface area (Å²) in [5.41, 5.74) is 2.87. The highest BCUT2D eigenvalue weighted by molar-refractivity contribution is 7.89. The molecule has 0 spiro atoms. The molecule has 1 fully saturated rings. The Kier molecular flexibility index (Phi) is 7.00. The van der Waals surface area contributed by atoms with Gasteiger partial charge in [0.2, 0.25) is 15.9 Å². The second-order valence-corrected chi connectivity index (χ2v) is 10.4. The van der Waals surface area contributed by atoms with Crippen LogP contribution in [0.25, 0.3) is 10.4 Å². The maximum Gasteiger partial charge on any atom is 0.243 e. The van der Waals surface area contributed by atoms with E-state index in [1.807, 2.05) is 37.3 Å². The third-order valence-electron chi connectivity index (χ3n) is 5.25. The largest absolute Gasteiger partial charge is 0.379 e. The molecular weight excluding hydrogens is 446 g/mol. The number of thiazole rings is 1. The average Bonchev–Trinajstić information content (AvgIpc) is 3.19. The van der Waals surface area contributed by atoms with Gasteiger partial charge >= 0.3 is 0 Å². The van der Waals surface area contributed by atoms with Crippen molar-refractivity contribution < 1.29 is 17.9 Å². The van der Waals surface area contributed by atoms with Crippen LogP contribution in [0.5, 0.6) is 0 Å². The van der Waals surface area contributed by atoms with Crippen molar-refractivity contribution in [2.45, 2.75) is 24.7 Å². The van der Waals surface area contributed by atoms with Crippen molar-refractivity contribution in [1.29, 1.82) is 0 Å². The number of carbonyl (C=O) groups is 1. The molecule has 2 aromatic carbocycles. The minimum atomic E-state index is -3.51. The van der Waals surface area contributed by atoms with E-state index in [1.54, 1.807) is 24.3 Å². The van der Waals surface area contributed by atoms with Crippen LogP contribution in [0.15, 0.2) is 59.5 Å². The molecule has 0 radical (unpaired) electrons. The van der Waals surface area contributed by atoms with E-state index < -0.39 is 10.0 Å². The van der Waals surface area contributed by atoms with Crippen LogP contribution in [-0.4, -0.2) is 49.9 Å². The molecule has 0 aliphatic carbocycles. The molecule has 4 rings (SSSR count). The Morgan fingerprint density at radius 3 is 2.47 bits per heavy atom. The summed E-state index contributed by atoms with van der Waals surface area (Å²) in [6.45, 7) is 3.50. The number of aryl methyl sites for hydroxylation is 2. The van der Waals surface area contributed by atoms with E-state index >= 15 is 0 Å². The van der Waals surface area contributed by atoms with Gasteiger partial charge in [0.25, 0.3) is 0 Å². The van der Waals surface area contributed by atoms with E-state index in [0.717, 1.165) is 21.7 Å². The molecule has 7 nitrogen and oxygen atoms in total. The van der Waals surface area contributed by atoms with E-state index in [2.05, 4.69) is 10.3 Å². The number of carbonyl (C=O) groups excluding carboxylic acids is 1. The summed E-state index contributed by atoms with van der Waals surface area (Å²) in [5, 5.41) is 3.46. The summed E-state index contributed by atoms with van der Waals surface area (Å²) in [7, 11) is -3.51. The second-order valence-electron chi connectivity index (χ2n) is 7.51. The molecule has 1 aliphatic rings. The summed E-state index contributed by atoms with van der Waals surface area (Å²) < 4.78 is 32.1. The van der Waals surface area contributed by atoms with E-state index in [-0.39, 0.29) is 17.2 Å². The van der Waals surface area contributed by atoms with E-state index in [1.165, 1.54) is 15.6 Å². The van der Waals surface area contributed by atoms with Crippen LogP contribution in [0.2, 0.25) is 0 Å². The zero-order chi connectivity index (χ0) is 22.6. The highest BCUT2D eigenvalue weighted by Gasteiger charge is 2.26. The third kappa shape index (κ3) is 5.24. The molecule has 2 heterocycles. The van der Waals surface area contributed by atoms with Gasteiger partial charge in [-0.25, -0.2) is 13.4 Å². The van der Waals surface area contributed by atoms with Gasteiger partial charge in [0.05, 0.1) is 28.7 Å². The Morgan fingerprint density at radius 1 is 1.09 bits per heavy atom. The number of sulfonamides is 1. The summed E-state index contributed by atoms with van der Waals surface area (Å²) in [6, 6.07) is 16.7. The highest BCUT2D eigenvalue weighted by atomic mass is 32.2. The third-order valence-corrected chi connectivity index (χ3v) is 8.29. The van der Waals surface area contributed by atoms with Gasteiger partial charge in [-0.1, -0.05) is 53.8 Å². The maximum atomic E-state index is 12.7. The lowest BCUT2D eigenvalue weighted by molar-refractivity contribution is -0.116.